The van der Waals surface area contributed by atoms with Crippen LogP contribution >= 0.6 is 12.4 Å². The number of nitrogen functional groups attached to an aromatic ring is 2. The van der Waals surface area contributed by atoms with Crippen LogP contribution in [-0.4, -0.2) is 51.1 Å². The molecule has 0 bridgehead atoms. The maximum Gasteiger partial charge on any atom is 0.122 e. The Kier molecular flexibility index (Phi) is 11.2. The fraction of sp³-hybridized carbons (Fsp3) is 0.300. The fourth-order valence-electron chi connectivity index (χ4n) is 2.37. The van der Waals surface area contributed by atoms with Crippen LogP contribution in [0.5, 0.6) is 11.5 Å². The number of hydrogen-bond acceptors (Lipinski definition) is 6. The molecule has 0 aromatic heterocycles. The predicted octanol–water partition coefficient (Wildman–Crippen LogP) is 1.31. The van der Waals surface area contributed by atoms with E-state index in [4.69, 9.17) is 31.8 Å². The van der Waals surface area contributed by atoms with Gasteiger partial charge in [-0.2, -0.15) is 0 Å². The average Bonchev–Trinajstić information content (AvgIpc) is 2.70. The Balaban J connectivity index is 0.00000420. The zero-order chi connectivity index (χ0) is 20.2. The van der Waals surface area contributed by atoms with Crippen LogP contribution in [0.3, 0.4) is 0 Å². The van der Waals surface area contributed by atoms with Gasteiger partial charge in [-0.05, 0) is 48.5 Å². The van der Waals surface area contributed by atoms with Crippen molar-refractivity contribution in [2.45, 2.75) is 0 Å². The number of halogens is 1. The maximum absolute atomic E-state index is 7.35. The normalized spacial score (nSPS) is 10.1. The zero-order valence-corrected chi connectivity index (χ0v) is 17.1. The summed E-state index contributed by atoms with van der Waals surface area (Å²) in [6, 6.07) is 14.3. The van der Waals surface area contributed by atoms with Gasteiger partial charge in [0.05, 0.1) is 0 Å². The lowest BCUT2D eigenvalue weighted by Gasteiger charge is -2.10. The number of nitrogens with one attached hydrogen (secondary N) is 4. The highest BCUT2D eigenvalue weighted by Gasteiger charge is 1.99. The van der Waals surface area contributed by atoms with E-state index in [-0.39, 0.29) is 24.1 Å². The van der Waals surface area contributed by atoms with Gasteiger partial charge in [0.2, 0.25) is 0 Å². The van der Waals surface area contributed by atoms with Crippen molar-refractivity contribution in [2.24, 2.45) is 11.5 Å². The molecule has 9 heteroatoms. The van der Waals surface area contributed by atoms with Crippen molar-refractivity contribution in [1.29, 1.82) is 10.8 Å². The quantitative estimate of drug-likeness (QED) is 0.164. The molecule has 0 spiro atoms. The molecule has 0 fully saturated rings. The Morgan fingerprint density at radius 3 is 1.31 bits per heavy atom. The largest absolute Gasteiger partial charge is 0.492 e. The Bertz CT molecular complexity index is 687. The first kappa shape index (κ1) is 24.2. The third-order valence-corrected chi connectivity index (χ3v) is 3.90. The minimum atomic E-state index is 0. The fourth-order valence-corrected chi connectivity index (χ4v) is 2.37. The van der Waals surface area contributed by atoms with E-state index in [0.717, 1.165) is 37.7 Å². The molecule has 0 aliphatic heterocycles. The first-order chi connectivity index (χ1) is 13.6. The van der Waals surface area contributed by atoms with Gasteiger partial charge in [0.15, 0.2) is 0 Å². The van der Waals surface area contributed by atoms with Crippen molar-refractivity contribution in [3.63, 3.8) is 0 Å². The highest BCUT2D eigenvalue weighted by atomic mass is 35.5. The van der Waals surface area contributed by atoms with Gasteiger partial charge in [-0.3, -0.25) is 10.8 Å². The van der Waals surface area contributed by atoms with Gasteiger partial charge in [-0.15, -0.1) is 12.4 Å². The maximum atomic E-state index is 7.35. The Morgan fingerprint density at radius 2 is 1.00 bits per heavy atom. The van der Waals surface area contributed by atoms with Crippen LogP contribution in [0.2, 0.25) is 0 Å². The zero-order valence-electron chi connectivity index (χ0n) is 16.2. The van der Waals surface area contributed by atoms with Gasteiger partial charge in [0, 0.05) is 37.3 Å². The number of hydrogen-bond donors (Lipinski definition) is 6. The molecule has 0 heterocycles. The van der Waals surface area contributed by atoms with Gasteiger partial charge < -0.3 is 31.6 Å². The van der Waals surface area contributed by atoms with Gasteiger partial charge in [-0.25, -0.2) is 0 Å². The van der Waals surface area contributed by atoms with Crippen molar-refractivity contribution in [3.05, 3.63) is 59.7 Å². The monoisotopic (exact) mass is 420 g/mol. The van der Waals surface area contributed by atoms with Crippen LogP contribution in [0.1, 0.15) is 11.1 Å². The molecule has 0 radical (unpaired) electrons. The molecule has 2 rings (SSSR count). The summed E-state index contributed by atoms with van der Waals surface area (Å²) in [5.74, 6) is 1.63. The summed E-state index contributed by atoms with van der Waals surface area (Å²) in [4.78, 5) is 0. The third-order valence-electron chi connectivity index (χ3n) is 3.90. The molecule has 2 aromatic rings. The van der Waals surface area contributed by atoms with Gasteiger partial charge >= 0.3 is 0 Å². The van der Waals surface area contributed by atoms with Crippen LogP contribution in [0.4, 0.5) is 0 Å². The predicted molar refractivity (Wildman–Crippen MR) is 119 cm³/mol. The van der Waals surface area contributed by atoms with Crippen LogP contribution in [-0.2, 0) is 0 Å². The summed E-state index contributed by atoms with van der Waals surface area (Å²) >= 11 is 0. The topological polar surface area (TPSA) is 142 Å². The highest BCUT2D eigenvalue weighted by molar-refractivity contribution is 5.95. The van der Waals surface area contributed by atoms with Gasteiger partial charge in [0.25, 0.3) is 0 Å². The second-order valence-corrected chi connectivity index (χ2v) is 6.07. The van der Waals surface area contributed by atoms with Crippen LogP contribution in [0.25, 0.3) is 0 Å². The van der Waals surface area contributed by atoms with E-state index < -0.39 is 0 Å². The number of ether oxygens (including phenoxy) is 2. The molecule has 0 unspecified atom stereocenters. The molecular weight excluding hydrogens is 392 g/mol. The summed E-state index contributed by atoms with van der Waals surface area (Å²) in [5.41, 5.74) is 12.2. The Labute approximate surface area is 177 Å². The number of benzene rings is 2. The minimum absolute atomic E-state index is 0. The lowest BCUT2D eigenvalue weighted by molar-refractivity contribution is 0.307. The molecule has 29 heavy (non-hydrogen) atoms. The van der Waals surface area contributed by atoms with E-state index in [1.165, 1.54) is 0 Å². The second kappa shape index (κ2) is 13.4. The number of rotatable bonds is 13. The Morgan fingerprint density at radius 1 is 0.655 bits per heavy atom. The summed E-state index contributed by atoms with van der Waals surface area (Å²) in [7, 11) is 0. The third kappa shape index (κ3) is 9.29. The van der Waals surface area contributed by atoms with Crippen molar-refractivity contribution >= 4 is 24.1 Å². The summed E-state index contributed by atoms with van der Waals surface area (Å²) in [6.45, 7) is 4.29. The first-order valence-corrected chi connectivity index (χ1v) is 9.12. The minimum Gasteiger partial charge on any atom is -0.492 e. The molecule has 8 N–H and O–H groups in total. The van der Waals surface area contributed by atoms with E-state index in [9.17, 15) is 0 Å². The molecule has 8 nitrogen and oxygen atoms in total. The van der Waals surface area contributed by atoms with E-state index in [1.807, 2.05) is 24.3 Å². The summed E-state index contributed by atoms with van der Waals surface area (Å²) in [5, 5.41) is 21.3. The first-order valence-electron chi connectivity index (χ1n) is 9.12. The van der Waals surface area contributed by atoms with Crippen molar-refractivity contribution in [2.75, 3.05) is 39.4 Å². The van der Waals surface area contributed by atoms with E-state index in [0.29, 0.717) is 24.3 Å². The summed E-state index contributed by atoms with van der Waals surface area (Å²) < 4.78 is 11.2. The highest BCUT2D eigenvalue weighted by Crippen LogP contribution is 2.12. The van der Waals surface area contributed by atoms with Crippen LogP contribution in [0.15, 0.2) is 48.5 Å². The van der Waals surface area contributed by atoms with Crippen molar-refractivity contribution < 1.29 is 9.47 Å². The molecule has 0 atom stereocenters. The molecule has 0 aliphatic rings. The standard InChI is InChI=1S/C20H28N6O2.ClH/c21-19(22)15-1-5-17(6-2-15)27-13-11-25-9-10-26-12-14-28-18-7-3-16(4-8-18)20(23)24;/h1-8,25-26H,9-14H2,(H3,21,22)(H3,23,24);1H. The molecular formula is C20H29ClN6O2. The van der Waals surface area contributed by atoms with E-state index >= 15 is 0 Å². The molecule has 158 valence electrons. The van der Waals surface area contributed by atoms with Crippen LogP contribution in [0, 0.1) is 10.8 Å². The SMILES string of the molecule is Cl.N=C(N)c1ccc(OCCNCCNCCOc2ccc(C(=N)N)cc2)cc1. The average molecular weight is 421 g/mol. The van der Waals surface area contributed by atoms with E-state index in [1.54, 1.807) is 24.3 Å². The molecule has 0 amide bonds. The smallest absolute Gasteiger partial charge is 0.122 e. The van der Waals surface area contributed by atoms with Crippen LogP contribution < -0.4 is 31.6 Å². The second-order valence-electron chi connectivity index (χ2n) is 6.07. The van der Waals surface area contributed by atoms with Gasteiger partial charge in [-0.1, -0.05) is 0 Å². The molecule has 0 saturated carbocycles. The van der Waals surface area contributed by atoms with E-state index in [2.05, 4.69) is 10.6 Å². The van der Waals surface area contributed by atoms with Crippen molar-refractivity contribution in [3.8, 4) is 11.5 Å². The van der Waals surface area contributed by atoms with Crippen molar-refractivity contribution in [1.82, 2.24) is 10.6 Å². The lowest BCUT2D eigenvalue weighted by Crippen LogP contribution is -2.32. The molecule has 0 aliphatic carbocycles. The number of amidine groups is 2. The molecule has 2 aromatic carbocycles. The Hall–Kier alpha value is -2.81. The number of nitrogens with two attached hydrogens (primary N) is 2. The lowest BCUT2D eigenvalue weighted by atomic mass is 10.2. The van der Waals surface area contributed by atoms with Gasteiger partial charge in [0.1, 0.15) is 36.4 Å². The molecule has 0 saturated heterocycles. The summed E-state index contributed by atoms with van der Waals surface area (Å²) in [6.07, 6.45) is 0.